The first-order chi connectivity index (χ1) is 14.3. The Bertz CT molecular complexity index is 989. The molecule has 1 saturated heterocycles. The van der Waals surface area contributed by atoms with Gasteiger partial charge in [0.1, 0.15) is 0 Å². The lowest BCUT2D eigenvalue weighted by Crippen LogP contribution is -2.28. The monoisotopic (exact) mass is 472 g/mol. The first kappa shape index (κ1) is 22.0. The van der Waals surface area contributed by atoms with Gasteiger partial charge in [0.15, 0.2) is 6.61 Å². The summed E-state index contributed by atoms with van der Waals surface area (Å²) in [6.07, 6.45) is 0.841. The summed E-state index contributed by atoms with van der Waals surface area (Å²) in [6.45, 7) is 5.82. The molecular weight excluding hydrogens is 448 g/mol. The largest absolute Gasteiger partial charge is 0.455 e. The number of aryl methyl sites for hydroxylation is 2. The standard InChI is InChI=1S/C23H25BrN2O4/c1-4-16-10-18(24)8-9-19(16)25-21(27)13-30-23(29)17-11-22(28)26(12-17)20-7-5-6-14(2)15(20)3/h5-10,17H,4,11-13H2,1-3H3,(H,25,27)/t17-/m0/s1. The maximum absolute atomic E-state index is 12.5. The topological polar surface area (TPSA) is 75.7 Å². The molecule has 30 heavy (non-hydrogen) atoms. The SMILES string of the molecule is CCc1cc(Br)ccc1NC(=O)COC(=O)[C@H]1CC(=O)N(c2cccc(C)c2C)C1. The number of anilines is 2. The molecule has 1 fully saturated rings. The Labute approximate surface area is 184 Å². The second kappa shape index (κ2) is 9.43. The van der Waals surface area contributed by atoms with Gasteiger partial charge in [0, 0.05) is 28.8 Å². The van der Waals surface area contributed by atoms with Gasteiger partial charge in [-0.15, -0.1) is 0 Å². The highest BCUT2D eigenvalue weighted by Crippen LogP contribution is 2.30. The molecule has 0 radical (unpaired) electrons. The van der Waals surface area contributed by atoms with E-state index >= 15 is 0 Å². The number of rotatable bonds is 6. The van der Waals surface area contributed by atoms with E-state index in [0.717, 1.165) is 33.3 Å². The second-order valence-electron chi connectivity index (χ2n) is 7.44. The van der Waals surface area contributed by atoms with Crippen molar-refractivity contribution >= 4 is 45.1 Å². The van der Waals surface area contributed by atoms with Crippen LogP contribution in [0.15, 0.2) is 40.9 Å². The zero-order chi connectivity index (χ0) is 21.8. The highest BCUT2D eigenvalue weighted by molar-refractivity contribution is 9.10. The lowest BCUT2D eigenvalue weighted by Gasteiger charge is -2.20. The van der Waals surface area contributed by atoms with Crippen molar-refractivity contribution in [3.05, 3.63) is 57.6 Å². The number of carbonyl (C=O) groups excluding carboxylic acids is 3. The van der Waals surface area contributed by atoms with Crippen LogP contribution in [0.5, 0.6) is 0 Å². The molecule has 3 rings (SSSR count). The number of esters is 1. The van der Waals surface area contributed by atoms with Gasteiger partial charge in [-0.05, 0) is 61.2 Å². The summed E-state index contributed by atoms with van der Waals surface area (Å²) in [5, 5.41) is 2.78. The normalized spacial score (nSPS) is 15.9. The van der Waals surface area contributed by atoms with Gasteiger partial charge in [-0.1, -0.05) is 35.0 Å². The van der Waals surface area contributed by atoms with Crippen LogP contribution in [0.4, 0.5) is 11.4 Å². The molecule has 1 atom stereocenters. The summed E-state index contributed by atoms with van der Waals surface area (Å²) >= 11 is 3.41. The number of benzene rings is 2. The predicted octanol–water partition coefficient (Wildman–Crippen LogP) is 4.16. The molecule has 0 aliphatic carbocycles. The van der Waals surface area contributed by atoms with Gasteiger partial charge in [-0.3, -0.25) is 14.4 Å². The number of carbonyl (C=O) groups is 3. The van der Waals surface area contributed by atoms with Crippen LogP contribution in [0.3, 0.4) is 0 Å². The molecule has 0 aromatic heterocycles. The zero-order valence-electron chi connectivity index (χ0n) is 17.3. The Balaban J connectivity index is 1.57. The minimum absolute atomic E-state index is 0.0839. The minimum atomic E-state index is -0.580. The molecule has 1 N–H and O–H groups in total. The quantitative estimate of drug-likeness (QED) is 0.640. The highest BCUT2D eigenvalue weighted by atomic mass is 79.9. The minimum Gasteiger partial charge on any atom is -0.455 e. The van der Waals surface area contributed by atoms with E-state index in [-0.39, 0.29) is 25.5 Å². The van der Waals surface area contributed by atoms with Crippen LogP contribution in [-0.2, 0) is 25.5 Å². The number of ether oxygens (including phenoxy) is 1. The second-order valence-corrected chi connectivity index (χ2v) is 8.35. The smallest absolute Gasteiger partial charge is 0.311 e. The van der Waals surface area contributed by atoms with Gasteiger partial charge in [0.2, 0.25) is 5.91 Å². The van der Waals surface area contributed by atoms with Crippen molar-refractivity contribution in [2.45, 2.75) is 33.6 Å². The molecule has 2 aromatic rings. The Morgan fingerprint density at radius 1 is 1.23 bits per heavy atom. The Morgan fingerprint density at radius 3 is 2.73 bits per heavy atom. The third-order valence-electron chi connectivity index (χ3n) is 5.39. The van der Waals surface area contributed by atoms with Crippen LogP contribution in [0.25, 0.3) is 0 Å². The number of amides is 2. The molecule has 0 bridgehead atoms. The van der Waals surface area contributed by atoms with Crippen LogP contribution in [0.1, 0.15) is 30.0 Å². The van der Waals surface area contributed by atoms with E-state index in [2.05, 4.69) is 21.2 Å². The number of halogens is 1. The molecule has 0 spiro atoms. The summed E-state index contributed by atoms with van der Waals surface area (Å²) in [6, 6.07) is 11.3. The lowest BCUT2D eigenvalue weighted by atomic mass is 10.1. The molecule has 0 saturated carbocycles. The van der Waals surface area contributed by atoms with Crippen LogP contribution < -0.4 is 10.2 Å². The molecule has 2 aromatic carbocycles. The number of nitrogens with one attached hydrogen (secondary N) is 1. The predicted molar refractivity (Wildman–Crippen MR) is 119 cm³/mol. The van der Waals surface area contributed by atoms with E-state index in [4.69, 9.17) is 4.74 Å². The molecule has 6 nitrogen and oxygen atoms in total. The first-order valence-electron chi connectivity index (χ1n) is 9.91. The third-order valence-corrected chi connectivity index (χ3v) is 5.89. The number of hydrogen-bond acceptors (Lipinski definition) is 4. The van der Waals surface area contributed by atoms with Crippen molar-refractivity contribution in [3.8, 4) is 0 Å². The fourth-order valence-corrected chi connectivity index (χ4v) is 3.95. The van der Waals surface area contributed by atoms with Crippen molar-refractivity contribution in [2.75, 3.05) is 23.4 Å². The molecule has 1 aliphatic rings. The van der Waals surface area contributed by atoms with E-state index in [1.54, 1.807) is 11.0 Å². The van der Waals surface area contributed by atoms with E-state index in [0.29, 0.717) is 5.69 Å². The molecule has 1 aliphatic heterocycles. The zero-order valence-corrected chi connectivity index (χ0v) is 18.9. The number of nitrogens with zero attached hydrogens (tertiary/aromatic N) is 1. The van der Waals surface area contributed by atoms with Crippen molar-refractivity contribution < 1.29 is 19.1 Å². The van der Waals surface area contributed by atoms with E-state index in [1.807, 2.05) is 51.1 Å². The molecule has 7 heteroatoms. The fraction of sp³-hybridized carbons (Fsp3) is 0.348. The molecular formula is C23H25BrN2O4. The fourth-order valence-electron chi connectivity index (χ4n) is 3.54. The van der Waals surface area contributed by atoms with Gasteiger partial charge in [-0.2, -0.15) is 0 Å². The van der Waals surface area contributed by atoms with E-state index in [9.17, 15) is 14.4 Å². The van der Waals surface area contributed by atoms with E-state index < -0.39 is 17.8 Å². The summed E-state index contributed by atoms with van der Waals surface area (Å²) in [5.74, 6) is -1.63. The summed E-state index contributed by atoms with van der Waals surface area (Å²) in [4.78, 5) is 38.8. The van der Waals surface area contributed by atoms with Crippen molar-refractivity contribution in [2.24, 2.45) is 5.92 Å². The van der Waals surface area contributed by atoms with Gasteiger partial charge >= 0.3 is 5.97 Å². The highest BCUT2D eigenvalue weighted by Gasteiger charge is 2.37. The van der Waals surface area contributed by atoms with Gasteiger partial charge in [0.25, 0.3) is 5.91 Å². The van der Waals surface area contributed by atoms with Crippen LogP contribution >= 0.6 is 15.9 Å². The third kappa shape index (κ3) is 4.90. The summed E-state index contributed by atoms with van der Waals surface area (Å²) in [7, 11) is 0. The van der Waals surface area contributed by atoms with E-state index in [1.165, 1.54) is 0 Å². The molecule has 2 amide bonds. The molecule has 158 valence electrons. The van der Waals surface area contributed by atoms with Gasteiger partial charge in [0.05, 0.1) is 5.92 Å². The average molecular weight is 473 g/mol. The molecule has 1 heterocycles. The summed E-state index contributed by atoms with van der Waals surface area (Å²) in [5.41, 5.74) is 4.59. The van der Waals surface area contributed by atoms with Crippen molar-refractivity contribution in [1.82, 2.24) is 0 Å². The number of hydrogen-bond donors (Lipinski definition) is 1. The van der Waals surface area contributed by atoms with Gasteiger partial charge < -0.3 is 15.0 Å². The first-order valence-corrected chi connectivity index (χ1v) is 10.7. The van der Waals surface area contributed by atoms with Crippen molar-refractivity contribution in [3.63, 3.8) is 0 Å². The lowest BCUT2D eigenvalue weighted by molar-refractivity contribution is -0.151. The van der Waals surface area contributed by atoms with Crippen LogP contribution in [-0.4, -0.2) is 30.9 Å². The maximum Gasteiger partial charge on any atom is 0.311 e. The van der Waals surface area contributed by atoms with Gasteiger partial charge in [-0.25, -0.2) is 0 Å². The van der Waals surface area contributed by atoms with Crippen LogP contribution in [0, 0.1) is 19.8 Å². The van der Waals surface area contributed by atoms with Crippen LogP contribution in [0.2, 0.25) is 0 Å². The summed E-state index contributed by atoms with van der Waals surface area (Å²) < 4.78 is 6.14. The maximum atomic E-state index is 12.5. The Kier molecular flexibility index (Phi) is 6.92. The average Bonchev–Trinajstić information content (AvgIpc) is 3.11. The molecule has 0 unspecified atom stereocenters. The Hall–Kier alpha value is -2.67. The Morgan fingerprint density at radius 2 is 2.00 bits per heavy atom. The van der Waals surface area contributed by atoms with Crippen molar-refractivity contribution in [1.29, 1.82) is 0 Å².